The van der Waals surface area contributed by atoms with Crippen molar-refractivity contribution in [2.24, 2.45) is 0 Å². The molecule has 1 amide bonds. The van der Waals surface area contributed by atoms with Gasteiger partial charge >= 0.3 is 0 Å². The highest BCUT2D eigenvalue weighted by atomic mass is 16.5. The Morgan fingerprint density at radius 1 is 1.12 bits per heavy atom. The first-order valence-corrected chi connectivity index (χ1v) is 8.69. The summed E-state index contributed by atoms with van der Waals surface area (Å²) in [6, 6.07) is 19.3. The van der Waals surface area contributed by atoms with Crippen molar-refractivity contribution in [3.63, 3.8) is 0 Å². The van der Waals surface area contributed by atoms with Gasteiger partial charge in [-0.05, 0) is 45.0 Å². The molecule has 3 aromatic rings. The zero-order chi connectivity index (χ0) is 18.5. The van der Waals surface area contributed by atoms with Crippen LogP contribution in [0.25, 0.3) is 5.69 Å². The Balaban J connectivity index is 1.72. The minimum Gasteiger partial charge on any atom is -0.491 e. The van der Waals surface area contributed by atoms with Crippen LogP contribution in [0, 0.1) is 6.92 Å². The van der Waals surface area contributed by atoms with Gasteiger partial charge in [-0.15, -0.1) is 0 Å². The van der Waals surface area contributed by atoms with Crippen molar-refractivity contribution in [1.29, 1.82) is 0 Å². The second kappa shape index (κ2) is 7.87. The van der Waals surface area contributed by atoms with Crippen LogP contribution in [0.3, 0.4) is 0 Å². The molecule has 0 bridgehead atoms. The molecule has 0 aliphatic heterocycles. The lowest BCUT2D eigenvalue weighted by molar-refractivity contribution is 0.0945. The summed E-state index contributed by atoms with van der Waals surface area (Å²) in [5.41, 5.74) is 3.17. The summed E-state index contributed by atoms with van der Waals surface area (Å²) < 4.78 is 7.56. The van der Waals surface area contributed by atoms with Gasteiger partial charge in [0.2, 0.25) is 0 Å². The van der Waals surface area contributed by atoms with Gasteiger partial charge in [-0.25, -0.2) is 4.68 Å². The normalized spacial score (nSPS) is 10.8. The number of hydrogen-bond donors (Lipinski definition) is 1. The molecule has 5 heteroatoms. The van der Waals surface area contributed by atoms with E-state index in [-0.39, 0.29) is 12.0 Å². The molecule has 0 aliphatic carbocycles. The van der Waals surface area contributed by atoms with Gasteiger partial charge in [0.15, 0.2) is 5.69 Å². The van der Waals surface area contributed by atoms with Crippen LogP contribution >= 0.6 is 0 Å². The number of carbonyl (C=O) groups excluding carboxylic acids is 1. The highest BCUT2D eigenvalue weighted by Gasteiger charge is 2.14. The van der Waals surface area contributed by atoms with E-state index < -0.39 is 0 Å². The Hall–Kier alpha value is -3.08. The molecule has 5 nitrogen and oxygen atoms in total. The predicted molar refractivity (Wildman–Crippen MR) is 102 cm³/mol. The van der Waals surface area contributed by atoms with Gasteiger partial charge in [-0.3, -0.25) is 4.79 Å². The summed E-state index contributed by atoms with van der Waals surface area (Å²) in [5.74, 6) is 0.580. The lowest BCUT2D eigenvalue weighted by Gasteiger charge is -2.14. The molecule has 1 N–H and O–H groups in total. The molecule has 2 aromatic carbocycles. The highest BCUT2D eigenvalue weighted by molar-refractivity contribution is 5.92. The minimum atomic E-state index is -0.206. The lowest BCUT2D eigenvalue weighted by Crippen LogP contribution is -2.24. The molecule has 1 aromatic heterocycles. The van der Waals surface area contributed by atoms with E-state index in [1.54, 1.807) is 10.7 Å². The van der Waals surface area contributed by atoms with E-state index in [9.17, 15) is 4.79 Å². The fraction of sp³-hybridized carbons (Fsp3) is 0.238. The average molecular weight is 349 g/mol. The molecule has 26 heavy (non-hydrogen) atoms. The number of carbonyl (C=O) groups is 1. The molecule has 1 heterocycles. The molecule has 3 rings (SSSR count). The van der Waals surface area contributed by atoms with Gasteiger partial charge in [-0.1, -0.05) is 36.4 Å². The number of nitrogens with zero attached hydrogens (tertiary/aromatic N) is 2. The first-order chi connectivity index (χ1) is 12.5. The zero-order valence-electron chi connectivity index (χ0n) is 15.3. The fourth-order valence-electron chi connectivity index (χ4n) is 2.70. The zero-order valence-corrected chi connectivity index (χ0v) is 15.3. The number of ether oxygens (including phenoxy) is 1. The number of aryl methyl sites for hydroxylation is 1. The number of para-hydroxylation sites is 2. The number of hydrogen-bond acceptors (Lipinski definition) is 3. The quantitative estimate of drug-likeness (QED) is 0.734. The summed E-state index contributed by atoms with van der Waals surface area (Å²) in [6.07, 6.45) is 0.0797. The van der Waals surface area contributed by atoms with Crippen LogP contribution in [0.4, 0.5) is 0 Å². The van der Waals surface area contributed by atoms with E-state index in [0.717, 1.165) is 22.7 Å². The molecule has 0 saturated heterocycles. The van der Waals surface area contributed by atoms with Gasteiger partial charge in [0.1, 0.15) is 5.75 Å². The number of nitrogens with one attached hydrogen (secondary N) is 1. The van der Waals surface area contributed by atoms with Crippen molar-refractivity contribution in [1.82, 2.24) is 15.1 Å². The molecule has 134 valence electrons. The Bertz CT molecular complexity index is 885. The van der Waals surface area contributed by atoms with E-state index in [0.29, 0.717) is 12.2 Å². The van der Waals surface area contributed by atoms with Gasteiger partial charge in [0, 0.05) is 17.8 Å². The van der Waals surface area contributed by atoms with Gasteiger partial charge in [-0.2, -0.15) is 5.10 Å². The maximum atomic E-state index is 12.5. The average Bonchev–Trinajstić information content (AvgIpc) is 3.03. The monoisotopic (exact) mass is 349 g/mol. The van der Waals surface area contributed by atoms with Crippen molar-refractivity contribution in [3.05, 3.63) is 77.6 Å². The molecule has 0 aliphatic rings. The third kappa shape index (κ3) is 4.11. The molecule has 0 radical (unpaired) electrons. The third-order valence-electron chi connectivity index (χ3n) is 3.90. The van der Waals surface area contributed by atoms with Crippen LogP contribution in [-0.2, 0) is 6.54 Å². The molecular weight excluding hydrogens is 326 g/mol. The van der Waals surface area contributed by atoms with E-state index in [1.165, 1.54) is 0 Å². The van der Waals surface area contributed by atoms with Crippen molar-refractivity contribution < 1.29 is 9.53 Å². The van der Waals surface area contributed by atoms with E-state index in [4.69, 9.17) is 4.74 Å². The fourth-order valence-corrected chi connectivity index (χ4v) is 2.70. The lowest BCUT2D eigenvalue weighted by atomic mass is 10.2. The minimum absolute atomic E-state index is 0.0797. The predicted octanol–water partition coefficient (Wildman–Crippen LogP) is 3.90. The standard InChI is InChI=1S/C21H23N3O2/c1-15(2)26-20-12-8-7-9-17(20)14-22-21(25)19-13-16(3)24(23-19)18-10-5-4-6-11-18/h4-13,15H,14H2,1-3H3,(H,22,25). The van der Waals surface area contributed by atoms with Crippen LogP contribution < -0.4 is 10.1 Å². The molecule has 0 unspecified atom stereocenters. The van der Waals surface area contributed by atoms with Crippen LogP contribution in [0.1, 0.15) is 35.6 Å². The van der Waals surface area contributed by atoms with Crippen LogP contribution in [-0.4, -0.2) is 21.8 Å². The molecule has 0 fully saturated rings. The molecule has 0 spiro atoms. The van der Waals surface area contributed by atoms with Crippen molar-refractivity contribution in [3.8, 4) is 11.4 Å². The van der Waals surface area contributed by atoms with Crippen molar-refractivity contribution >= 4 is 5.91 Å². The van der Waals surface area contributed by atoms with Crippen LogP contribution in [0.5, 0.6) is 5.75 Å². The number of rotatable bonds is 6. The van der Waals surface area contributed by atoms with Crippen LogP contribution in [0.15, 0.2) is 60.7 Å². The molecule has 0 saturated carbocycles. The second-order valence-corrected chi connectivity index (χ2v) is 6.38. The summed E-state index contributed by atoms with van der Waals surface area (Å²) in [5, 5.41) is 7.36. The summed E-state index contributed by atoms with van der Waals surface area (Å²) >= 11 is 0. The largest absolute Gasteiger partial charge is 0.491 e. The van der Waals surface area contributed by atoms with Crippen molar-refractivity contribution in [2.75, 3.05) is 0 Å². The number of aromatic nitrogens is 2. The molecule has 0 atom stereocenters. The Labute approximate surface area is 153 Å². The first-order valence-electron chi connectivity index (χ1n) is 8.69. The summed E-state index contributed by atoms with van der Waals surface area (Å²) in [6.45, 7) is 6.28. The Kier molecular flexibility index (Phi) is 5.37. The number of amides is 1. The Morgan fingerprint density at radius 2 is 1.81 bits per heavy atom. The third-order valence-corrected chi connectivity index (χ3v) is 3.90. The van der Waals surface area contributed by atoms with Crippen LogP contribution in [0.2, 0.25) is 0 Å². The van der Waals surface area contributed by atoms with Crippen molar-refractivity contribution in [2.45, 2.75) is 33.4 Å². The highest BCUT2D eigenvalue weighted by Crippen LogP contribution is 2.19. The van der Waals surface area contributed by atoms with Gasteiger partial charge < -0.3 is 10.1 Å². The van der Waals surface area contributed by atoms with E-state index >= 15 is 0 Å². The smallest absolute Gasteiger partial charge is 0.272 e. The van der Waals surface area contributed by atoms with E-state index in [1.807, 2.05) is 75.4 Å². The maximum Gasteiger partial charge on any atom is 0.272 e. The van der Waals surface area contributed by atoms with Gasteiger partial charge in [0.05, 0.1) is 11.8 Å². The maximum absolute atomic E-state index is 12.5. The Morgan fingerprint density at radius 3 is 2.54 bits per heavy atom. The topological polar surface area (TPSA) is 56.1 Å². The molecular formula is C21H23N3O2. The van der Waals surface area contributed by atoms with E-state index in [2.05, 4.69) is 10.4 Å². The number of benzene rings is 2. The second-order valence-electron chi connectivity index (χ2n) is 6.38. The first kappa shape index (κ1) is 17.7. The summed E-state index contributed by atoms with van der Waals surface area (Å²) in [7, 11) is 0. The SMILES string of the molecule is Cc1cc(C(=O)NCc2ccccc2OC(C)C)nn1-c1ccccc1. The van der Waals surface area contributed by atoms with Gasteiger partial charge in [0.25, 0.3) is 5.91 Å². The summed E-state index contributed by atoms with van der Waals surface area (Å²) in [4.78, 5) is 12.5.